The first-order chi connectivity index (χ1) is 18.1. The summed E-state index contributed by atoms with van der Waals surface area (Å²) in [5, 5.41) is 0. The van der Waals surface area contributed by atoms with Crippen LogP contribution < -0.4 is 4.74 Å². The molecule has 0 aromatic heterocycles. The van der Waals surface area contributed by atoms with Crippen molar-refractivity contribution in [2.24, 2.45) is 17.8 Å². The first-order valence-corrected chi connectivity index (χ1v) is 14.9. The lowest BCUT2D eigenvalue weighted by molar-refractivity contribution is 0.170. The molecule has 2 aliphatic carbocycles. The van der Waals surface area contributed by atoms with E-state index in [0.717, 1.165) is 56.3 Å². The zero-order valence-electron chi connectivity index (χ0n) is 23.0. The lowest BCUT2D eigenvalue weighted by Crippen LogP contribution is -2.25. The predicted molar refractivity (Wildman–Crippen MR) is 150 cm³/mol. The van der Waals surface area contributed by atoms with Gasteiger partial charge in [-0.1, -0.05) is 55.8 Å². The van der Waals surface area contributed by atoms with Gasteiger partial charge in [-0.3, -0.25) is 0 Å². The summed E-state index contributed by atoms with van der Waals surface area (Å²) in [5.41, 5.74) is 3.45. The van der Waals surface area contributed by atoms with E-state index < -0.39 is 11.6 Å². The molecule has 0 amide bonds. The highest BCUT2D eigenvalue weighted by molar-refractivity contribution is 5.33. The molecule has 2 saturated carbocycles. The minimum atomic E-state index is -0.826. The van der Waals surface area contributed by atoms with E-state index in [1.807, 2.05) is 0 Å². The van der Waals surface area contributed by atoms with E-state index in [0.29, 0.717) is 12.2 Å². The van der Waals surface area contributed by atoms with Crippen LogP contribution in [0, 0.1) is 29.4 Å². The molecule has 0 radical (unpaired) electrons. The molecule has 0 bridgehead atoms. The minimum absolute atomic E-state index is 0.0275. The summed E-state index contributed by atoms with van der Waals surface area (Å²) in [7, 11) is 0. The second-order valence-corrected chi connectivity index (χ2v) is 11.4. The molecule has 37 heavy (non-hydrogen) atoms. The van der Waals surface area contributed by atoms with Gasteiger partial charge in [0.1, 0.15) is 0 Å². The minimum Gasteiger partial charge on any atom is -0.491 e. The number of unbranched alkanes of at least 4 members (excludes halogenated alkanes) is 1. The number of hydrogen-bond acceptors (Lipinski definition) is 1. The Morgan fingerprint density at radius 2 is 1.38 bits per heavy atom. The summed E-state index contributed by atoms with van der Waals surface area (Å²) in [5.74, 6) is 0.910. The Bertz CT molecular complexity index is 980. The van der Waals surface area contributed by atoms with Gasteiger partial charge in [0.2, 0.25) is 5.82 Å². The molecule has 0 atom stereocenters. The van der Waals surface area contributed by atoms with Gasteiger partial charge in [-0.05, 0) is 130 Å². The van der Waals surface area contributed by atoms with Gasteiger partial charge < -0.3 is 4.74 Å². The van der Waals surface area contributed by atoms with Crippen LogP contribution in [-0.2, 0) is 12.8 Å². The Hall–Kier alpha value is -2.16. The standard InChI is InChI=1S/C34H46F2O/c1-3-5-8-25-11-13-26(14-12-25)9-6-7-10-27-15-17-28(18-16-27)29-19-21-30(22-20-29)31-23-24-32(37-4-2)34(36)33(31)35/h7,10-14,23-24,27-30H,3-6,8-9,15-22H2,1-2H3/b10-7+. The van der Waals surface area contributed by atoms with Crippen LogP contribution in [0.25, 0.3) is 0 Å². The largest absolute Gasteiger partial charge is 0.491 e. The fourth-order valence-corrected chi connectivity index (χ4v) is 6.63. The van der Waals surface area contributed by atoms with Crippen molar-refractivity contribution in [2.45, 2.75) is 103 Å². The van der Waals surface area contributed by atoms with Crippen molar-refractivity contribution in [3.05, 3.63) is 76.9 Å². The first-order valence-electron chi connectivity index (χ1n) is 14.9. The summed E-state index contributed by atoms with van der Waals surface area (Å²) >= 11 is 0. The third-order valence-corrected chi connectivity index (χ3v) is 8.92. The van der Waals surface area contributed by atoms with Crippen molar-refractivity contribution in [1.29, 1.82) is 0 Å². The number of hydrogen-bond donors (Lipinski definition) is 0. The van der Waals surface area contributed by atoms with Gasteiger partial charge in [0.05, 0.1) is 6.61 Å². The number of allylic oxidation sites excluding steroid dienone is 2. The fourth-order valence-electron chi connectivity index (χ4n) is 6.63. The second-order valence-electron chi connectivity index (χ2n) is 11.4. The lowest BCUT2D eigenvalue weighted by atomic mass is 9.68. The third-order valence-electron chi connectivity index (χ3n) is 8.92. The zero-order chi connectivity index (χ0) is 26.0. The molecule has 1 nitrogen and oxygen atoms in total. The van der Waals surface area contributed by atoms with Crippen molar-refractivity contribution >= 4 is 0 Å². The average molecular weight is 509 g/mol. The molecule has 3 heteroatoms. The lowest BCUT2D eigenvalue weighted by Gasteiger charge is -2.37. The number of benzene rings is 2. The highest BCUT2D eigenvalue weighted by Crippen LogP contribution is 2.45. The van der Waals surface area contributed by atoms with Crippen LogP contribution in [0.1, 0.15) is 107 Å². The molecule has 2 fully saturated rings. The number of ether oxygens (including phenoxy) is 1. The fraction of sp³-hybridized carbons (Fsp3) is 0.588. The van der Waals surface area contributed by atoms with E-state index in [1.165, 1.54) is 56.1 Å². The van der Waals surface area contributed by atoms with Crippen LogP contribution in [-0.4, -0.2) is 6.61 Å². The van der Waals surface area contributed by atoms with Crippen LogP contribution in [0.3, 0.4) is 0 Å². The van der Waals surface area contributed by atoms with E-state index in [1.54, 1.807) is 19.1 Å². The number of rotatable bonds is 11. The van der Waals surface area contributed by atoms with Gasteiger partial charge in [-0.25, -0.2) is 4.39 Å². The molecule has 0 heterocycles. The maximum atomic E-state index is 14.7. The second kappa shape index (κ2) is 14.1. The van der Waals surface area contributed by atoms with Crippen LogP contribution in [0.15, 0.2) is 48.6 Å². The summed E-state index contributed by atoms with van der Waals surface area (Å²) in [6, 6.07) is 12.6. The Labute approximate surface area is 223 Å². The van der Waals surface area contributed by atoms with Crippen LogP contribution in [0.2, 0.25) is 0 Å². The highest BCUT2D eigenvalue weighted by Gasteiger charge is 2.32. The Balaban J connectivity index is 1.16. The molecule has 2 aromatic carbocycles. The third kappa shape index (κ3) is 7.68. The molecule has 2 aromatic rings. The Morgan fingerprint density at radius 3 is 2.00 bits per heavy atom. The van der Waals surface area contributed by atoms with Crippen molar-refractivity contribution in [2.75, 3.05) is 6.61 Å². The summed E-state index contributed by atoms with van der Waals surface area (Å²) in [6.45, 7) is 4.37. The SMILES string of the molecule is CCCCc1ccc(CC/C=C/C2CCC(C3CCC(c4ccc(OCC)c(F)c4F)CC3)CC2)cc1. The van der Waals surface area contributed by atoms with E-state index in [4.69, 9.17) is 4.74 Å². The monoisotopic (exact) mass is 508 g/mol. The summed E-state index contributed by atoms with van der Waals surface area (Å²) in [4.78, 5) is 0. The van der Waals surface area contributed by atoms with Gasteiger partial charge in [-0.2, -0.15) is 4.39 Å². The molecule has 0 unspecified atom stereocenters. The number of halogens is 2. The molecule has 202 valence electrons. The predicted octanol–water partition coefficient (Wildman–Crippen LogP) is 9.98. The number of aryl methyl sites for hydroxylation is 2. The van der Waals surface area contributed by atoms with Gasteiger partial charge in [0.25, 0.3) is 0 Å². The molecule has 0 aliphatic heterocycles. The smallest absolute Gasteiger partial charge is 0.200 e. The topological polar surface area (TPSA) is 9.23 Å². The van der Waals surface area contributed by atoms with E-state index in [9.17, 15) is 8.78 Å². The van der Waals surface area contributed by atoms with Gasteiger partial charge in [0, 0.05) is 0 Å². The van der Waals surface area contributed by atoms with Crippen molar-refractivity contribution in [3.8, 4) is 5.75 Å². The molecule has 2 aliphatic rings. The zero-order valence-corrected chi connectivity index (χ0v) is 23.0. The molecular weight excluding hydrogens is 462 g/mol. The average Bonchev–Trinajstić information content (AvgIpc) is 2.94. The van der Waals surface area contributed by atoms with Gasteiger partial charge in [-0.15, -0.1) is 0 Å². The Morgan fingerprint density at radius 1 is 0.757 bits per heavy atom. The maximum Gasteiger partial charge on any atom is 0.200 e. The Kier molecular flexibility index (Phi) is 10.6. The normalized spacial score (nSPS) is 24.4. The van der Waals surface area contributed by atoms with E-state index in [-0.39, 0.29) is 11.7 Å². The van der Waals surface area contributed by atoms with Gasteiger partial charge >= 0.3 is 0 Å². The van der Waals surface area contributed by atoms with Crippen molar-refractivity contribution in [1.82, 2.24) is 0 Å². The van der Waals surface area contributed by atoms with E-state index in [2.05, 4.69) is 43.3 Å². The van der Waals surface area contributed by atoms with Crippen molar-refractivity contribution < 1.29 is 13.5 Å². The summed E-state index contributed by atoms with van der Waals surface area (Å²) in [6.07, 6.45) is 20.3. The maximum absolute atomic E-state index is 14.7. The first kappa shape index (κ1) is 27.9. The van der Waals surface area contributed by atoms with E-state index >= 15 is 0 Å². The van der Waals surface area contributed by atoms with Gasteiger partial charge in [0.15, 0.2) is 11.6 Å². The van der Waals surface area contributed by atoms with Crippen LogP contribution in [0.4, 0.5) is 8.78 Å². The molecule has 0 saturated heterocycles. The molecular formula is C34H46F2O. The highest BCUT2D eigenvalue weighted by atomic mass is 19.2. The van der Waals surface area contributed by atoms with Crippen LogP contribution >= 0.6 is 0 Å². The molecule has 0 N–H and O–H groups in total. The van der Waals surface area contributed by atoms with Crippen molar-refractivity contribution in [3.63, 3.8) is 0 Å². The summed E-state index contributed by atoms with van der Waals surface area (Å²) < 4.78 is 34.2. The van der Waals surface area contributed by atoms with Crippen LogP contribution in [0.5, 0.6) is 5.75 Å². The molecule has 0 spiro atoms. The quantitative estimate of drug-likeness (QED) is 0.274. The molecule has 4 rings (SSSR count).